The van der Waals surface area contributed by atoms with Gasteiger partial charge in [0, 0.05) is 19.3 Å². The van der Waals surface area contributed by atoms with E-state index >= 15 is 0 Å². The van der Waals surface area contributed by atoms with Crippen LogP contribution in [0.1, 0.15) is 78.3 Å². The number of halogens is 1. The zero-order valence-corrected chi connectivity index (χ0v) is 21.8. The van der Waals surface area contributed by atoms with Gasteiger partial charge in [-0.3, -0.25) is 9.59 Å². The number of ether oxygens (including phenoxy) is 1. The third-order valence-electron chi connectivity index (χ3n) is 6.75. The lowest BCUT2D eigenvalue weighted by Gasteiger charge is -2.34. The predicted octanol–water partition coefficient (Wildman–Crippen LogP) is 4.97. The molecule has 0 bridgehead atoms. The highest BCUT2D eigenvalue weighted by Gasteiger charge is 2.42. The first-order chi connectivity index (χ1) is 15.8. The first-order valence-corrected chi connectivity index (χ1v) is 12.3. The molecule has 8 heteroatoms. The molecule has 2 rings (SSSR count). The number of Topliss-reactive ketones (excluding diaryl/α,β-unsaturated/α-hetero) is 1. The summed E-state index contributed by atoms with van der Waals surface area (Å²) >= 11 is 6.51. The molecular weight excluding hydrogens is 458 g/mol. The van der Waals surface area contributed by atoms with Gasteiger partial charge in [-0.2, -0.15) is 0 Å². The first-order valence-electron chi connectivity index (χ1n) is 11.9. The number of aliphatic hydroxyl groups excluding tert-OH is 2. The Morgan fingerprint density at radius 1 is 1.24 bits per heavy atom. The maximum atomic E-state index is 13.1. The van der Waals surface area contributed by atoms with E-state index < -0.39 is 35.6 Å². The maximum absolute atomic E-state index is 13.1. The monoisotopic (exact) mass is 495 g/mol. The number of rotatable bonds is 2. The molecule has 1 aliphatic heterocycles. The number of carbonyl (C=O) groups excluding carboxylic acids is 2. The first kappa shape index (κ1) is 28.3. The van der Waals surface area contributed by atoms with Crippen molar-refractivity contribution in [3.8, 4) is 0 Å². The molecule has 1 aromatic heterocycles. The standard InChI is InChI=1S/C26H38ClNO6/c1-15-8-7-9-16(2)24(31)17(3)25(32)26(5,6)22(29)13-23(30)34-21(11-10-15)20(27)12-19-14-33-18(4)28-19/h10,12,14,16-17,21-22,24,29,31H,7-9,11,13H2,1-6H3/b15-10-,20-12-/t16-,17+,21-,22-,24-/m0/s1. The lowest BCUT2D eigenvalue weighted by atomic mass is 9.73. The van der Waals surface area contributed by atoms with Gasteiger partial charge in [0.05, 0.1) is 29.1 Å². The van der Waals surface area contributed by atoms with Crippen LogP contribution in [0.3, 0.4) is 0 Å². The van der Waals surface area contributed by atoms with Crippen LogP contribution in [0.15, 0.2) is 27.4 Å². The van der Waals surface area contributed by atoms with Gasteiger partial charge in [0.2, 0.25) is 0 Å². The van der Waals surface area contributed by atoms with Crippen molar-refractivity contribution in [3.63, 3.8) is 0 Å². The summed E-state index contributed by atoms with van der Waals surface area (Å²) in [6, 6.07) is 0. The van der Waals surface area contributed by atoms with Crippen LogP contribution < -0.4 is 0 Å². The molecule has 0 spiro atoms. The highest BCUT2D eigenvalue weighted by molar-refractivity contribution is 6.32. The smallest absolute Gasteiger partial charge is 0.309 e. The number of hydrogen-bond donors (Lipinski definition) is 2. The van der Waals surface area contributed by atoms with Crippen molar-refractivity contribution in [2.24, 2.45) is 17.3 Å². The summed E-state index contributed by atoms with van der Waals surface area (Å²) in [5.41, 5.74) is 0.390. The Hall–Kier alpha value is -1.96. The Bertz CT molecular complexity index is 918. The van der Waals surface area contributed by atoms with Gasteiger partial charge in [0.25, 0.3) is 0 Å². The highest BCUT2D eigenvalue weighted by Crippen LogP contribution is 2.32. The largest absolute Gasteiger partial charge is 0.456 e. The van der Waals surface area contributed by atoms with E-state index in [1.165, 1.54) is 6.26 Å². The number of hydrogen-bond acceptors (Lipinski definition) is 7. The number of aromatic nitrogens is 1. The van der Waals surface area contributed by atoms with Crippen LogP contribution >= 0.6 is 11.6 Å². The highest BCUT2D eigenvalue weighted by atomic mass is 35.5. The Kier molecular flexibility index (Phi) is 10.1. The molecule has 0 amide bonds. The molecule has 1 aliphatic rings. The van der Waals surface area contributed by atoms with Crippen molar-refractivity contribution in [2.75, 3.05) is 0 Å². The van der Waals surface area contributed by atoms with Gasteiger partial charge < -0.3 is 19.4 Å². The van der Waals surface area contributed by atoms with E-state index in [-0.39, 0.29) is 23.2 Å². The van der Waals surface area contributed by atoms with Crippen molar-refractivity contribution < 1.29 is 29.0 Å². The number of oxazole rings is 1. The molecule has 2 heterocycles. The third-order valence-corrected chi connectivity index (χ3v) is 7.10. The zero-order chi connectivity index (χ0) is 25.6. The summed E-state index contributed by atoms with van der Waals surface area (Å²) in [6.07, 6.45) is 4.59. The van der Waals surface area contributed by atoms with Gasteiger partial charge in [0.15, 0.2) is 5.89 Å². The maximum Gasteiger partial charge on any atom is 0.309 e. The number of carbonyl (C=O) groups is 2. The van der Waals surface area contributed by atoms with Crippen LogP contribution in [0.4, 0.5) is 0 Å². The molecule has 2 N–H and O–H groups in total. The Morgan fingerprint density at radius 2 is 1.91 bits per heavy atom. The van der Waals surface area contributed by atoms with Gasteiger partial charge >= 0.3 is 5.97 Å². The minimum atomic E-state index is -1.27. The number of nitrogens with zero attached hydrogens (tertiary/aromatic N) is 1. The second-order valence-corrected chi connectivity index (χ2v) is 10.5. The molecule has 7 nitrogen and oxygen atoms in total. The van der Waals surface area contributed by atoms with Gasteiger partial charge in [-0.1, -0.05) is 50.9 Å². The lowest BCUT2D eigenvalue weighted by molar-refractivity contribution is -0.153. The molecule has 0 saturated heterocycles. The summed E-state index contributed by atoms with van der Waals surface area (Å²) in [4.78, 5) is 30.1. The Labute approximate surface area is 207 Å². The fourth-order valence-corrected chi connectivity index (χ4v) is 4.45. The van der Waals surface area contributed by atoms with Gasteiger partial charge in [-0.05, 0) is 38.2 Å². The van der Waals surface area contributed by atoms with Crippen molar-refractivity contribution in [1.29, 1.82) is 0 Å². The normalized spacial score (nSPS) is 32.1. The zero-order valence-electron chi connectivity index (χ0n) is 21.0. The summed E-state index contributed by atoms with van der Waals surface area (Å²) < 4.78 is 10.8. The van der Waals surface area contributed by atoms with Gasteiger partial charge in [-0.15, -0.1) is 0 Å². The molecule has 0 saturated carbocycles. The predicted molar refractivity (Wildman–Crippen MR) is 131 cm³/mol. The lowest BCUT2D eigenvalue weighted by Crippen LogP contribution is -2.45. The van der Waals surface area contributed by atoms with Crippen LogP contribution in [0.2, 0.25) is 0 Å². The minimum Gasteiger partial charge on any atom is -0.456 e. The fraction of sp³-hybridized carbons (Fsp3) is 0.654. The van der Waals surface area contributed by atoms with Crippen LogP contribution in [-0.4, -0.2) is 45.3 Å². The van der Waals surface area contributed by atoms with Gasteiger partial charge in [0.1, 0.15) is 23.8 Å². The van der Waals surface area contributed by atoms with Crippen molar-refractivity contribution in [3.05, 3.63) is 34.5 Å². The van der Waals surface area contributed by atoms with Crippen LogP contribution in [-0.2, 0) is 14.3 Å². The average molecular weight is 496 g/mol. The van der Waals surface area contributed by atoms with Crippen LogP contribution in [0.25, 0.3) is 6.08 Å². The summed E-state index contributed by atoms with van der Waals surface area (Å²) in [5, 5.41) is 21.8. The second-order valence-electron chi connectivity index (χ2n) is 10.0. The van der Waals surface area contributed by atoms with E-state index in [0.29, 0.717) is 18.0 Å². The Balaban J connectivity index is 2.33. The topological polar surface area (TPSA) is 110 Å². The molecule has 34 heavy (non-hydrogen) atoms. The quantitative estimate of drug-likeness (QED) is 0.440. The SMILES string of the molecule is C/C1=C/C[C@@H](/C(Cl)=C/c2coc(C)n2)OC(=O)C[C@H](O)C(C)(C)C(=O)[C@H](C)[C@@H](O)[C@@H](C)CCC1. The molecule has 5 atom stereocenters. The average Bonchev–Trinajstić information content (AvgIpc) is 3.18. The van der Waals surface area contributed by atoms with E-state index in [1.54, 1.807) is 33.8 Å². The third kappa shape index (κ3) is 7.52. The fourth-order valence-electron chi connectivity index (χ4n) is 4.20. The van der Waals surface area contributed by atoms with E-state index in [9.17, 15) is 19.8 Å². The van der Waals surface area contributed by atoms with Gasteiger partial charge in [-0.25, -0.2) is 4.98 Å². The van der Waals surface area contributed by atoms with Crippen LogP contribution in [0.5, 0.6) is 0 Å². The minimum absolute atomic E-state index is 0.0754. The number of cyclic esters (lactones) is 1. The number of allylic oxidation sites excluding steroid dienone is 1. The number of ketones is 1. The number of aryl methyl sites for hydroxylation is 1. The molecule has 0 fully saturated rings. The molecule has 190 valence electrons. The van der Waals surface area contributed by atoms with Crippen molar-refractivity contribution in [1.82, 2.24) is 4.98 Å². The summed E-state index contributed by atoms with van der Waals surface area (Å²) in [6.45, 7) is 10.5. The molecular formula is C26H38ClNO6. The molecule has 0 unspecified atom stereocenters. The van der Waals surface area contributed by atoms with Crippen molar-refractivity contribution in [2.45, 2.75) is 92.0 Å². The summed E-state index contributed by atoms with van der Waals surface area (Å²) in [7, 11) is 0. The van der Waals surface area contributed by atoms with E-state index in [2.05, 4.69) is 4.98 Å². The van der Waals surface area contributed by atoms with E-state index in [1.807, 2.05) is 19.9 Å². The summed E-state index contributed by atoms with van der Waals surface area (Å²) in [5.74, 6) is -1.21. The van der Waals surface area contributed by atoms with E-state index in [0.717, 1.165) is 24.8 Å². The molecule has 0 aliphatic carbocycles. The van der Waals surface area contributed by atoms with E-state index in [4.69, 9.17) is 20.8 Å². The molecule has 0 aromatic carbocycles. The number of esters is 1. The van der Waals surface area contributed by atoms with Crippen molar-refractivity contribution >= 4 is 29.4 Å². The number of aliphatic hydroxyl groups is 2. The Morgan fingerprint density at radius 3 is 2.53 bits per heavy atom. The molecule has 1 aromatic rings. The second kappa shape index (κ2) is 12.1. The molecule has 0 radical (unpaired) electrons. The van der Waals surface area contributed by atoms with Crippen LogP contribution in [0, 0.1) is 24.2 Å².